The van der Waals surface area contributed by atoms with Crippen molar-refractivity contribution < 1.29 is 8.42 Å². The fourth-order valence-electron chi connectivity index (χ4n) is 1.98. The molecule has 0 aliphatic carbocycles. The van der Waals surface area contributed by atoms with Crippen LogP contribution in [0.5, 0.6) is 0 Å². The molecule has 0 spiro atoms. The largest absolute Gasteiger partial charge is 0.346 e. The van der Waals surface area contributed by atoms with Gasteiger partial charge in [0, 0.05) is 18.3 Å². The zero-order valence-electron chi connectivity index (χ0n) is 11.1. The highest BCUT2D eigenvalue weighted by molar-refractivity contribution is 7.91. The normalized spacial score (nSPS) is 12.4. The third-order valence-corrected chi connectivity index (χ3v) is 5.45. The van der Waals surface area contributed by atoms with Crippen molar-refractivity contribution in [3.05, 3.63) is 36.0 Å². The molecule has 3 nitrogen and oxygen atoms in total. The maximum Gasteiger partial charge on any atom is 0.154 e. The molecule has 0 saturated heterocycles. The molecule has 1 aromatic carbocycles. The van der Waals surface area contributed by atoms with E-state index in [1.165, 1.54) is 5.56 Å². The summed E-state index contributed by atoms with van der Waals surface area (Å²) in [5, 5.41) is 0.860. The smallest absolute Gasteiger partial charge is 0.154 e. The highest BCUT2D eigenvalue weighted by Crippen LogP contribution is 2.17. The Hall–Kier alpha value is -1.29. The Kier molecular flexibility index (Phi) is 3.48. The molecule has 2 aromatic rings. The summed E-state index contributed by atoms with van der Waals surface area (Å²) < 4.78 is 25.6. The van der Waals surface area contributed by atoms with E-state index in [0.717, 1.165) is 10.9 Å². The Bertz CT molecular complexity index is 653. The molecule has 0 N–H and O–H groups in total. The molecule has 0 fully saturated rings. The zero-order chi connectivity index (χ0) is 13.3. The van der Waals surface area contributed by atoms with Crippen molar-refractivity contribution in [2.45, 2.75) is 32.6 Å². The van der Waals surface area contributed by atoms with Crippen molar-refractivity contribution in [3.63, 3.8) is 0 Å². The van der Waals surface area contributed by atoms with E-state index in [0.29, 0.717) is 6.54 Å². The van der Waals surface area contributed by atoms with Crippen molar-refractivity contribution >= 4 is 20.7 Å². The molecule has 0 aliphatic rings. The summed E-state index contributed by atoms with van der Waals surface area (Å²) >= 11 is 0. The number of hydrogen-bond acceptors (Lipinski definition) is 2. The average Bonchev–Trinajstić information content (AvgIpc) is 2.68. The minimum Gasteiger partial charge on any atom is -0.346 e. The van der Waals surface area contributed by atoms with Crippen LogP contribution < -0.4 is 0 Å². The summed E-state index contributed by atoms with van der Waals surface area (Å²) in [6.45, 7) is 6.03. The molecule has 98 valence electrons. The van der Waals surface area contributed by atoms with Crippen molar-refractivity contribution in [3.8, 4) is 0 Å². The summed E-state index contributed by atoms with van der Waals surface area (Å²) in [6.07, 6.45) is 1.96. The first-order valence-electron chi connectivity index (χ1n) is 6.17. The van der Waals surface area contributed by atoms with E-state index in [9.17, 15) is 8.42 Å². The summed E-state index contributed by atoms with van der Waals surface area (Å²) in [6, 6.07) is 8.25. The van der Waals surface area contributed by atoms with E-state index < -0.39 is 9.84 Å². The maximum absolute atomic E-state index is 11.8. The Morgan fingerprint density at radius 1 is 1.22 bits per heavy atom. The zero-order valence-corrected chi connectivity index (χ0v) is 11.9. The molecule has 18 heavy (non-hydrogen) atoms. The molecule has 0 amide bonds. The van der Waals surface area contributed by atoms with Gasteiger partial charge in [-0.1, -0.05) is 11.6 Å². The molecule has 0 saturated carbocycles. The SMILES string of the molecule is Cc1ccc2c(ccn2CCS(=O)(=O)C(C)C)c1. The third kappa shape index (κ3) is 2.58. The Labute approximate surface area is 108 Å². The molecule has 4 heteroatoms. The first-order chi connectivity index (χ1) is 8.40. The van der Waals surface area contributed by atoms with E-state index in [1.807, 2.05) is 22.9 Å². The second-order valence-electron chi connectivity index (χ2n) is 4.99. The van der Waals surface area contributed by atoms with Crippen molar-refractivity contribution in [1.82, 2.24) is 4.57 Å². The molecule has 0 radical (unpaired) electrons. The van der Waals surface area contributed by atoms with Crippen LogP contribution in [-0.4, -0.2) is 24.0 Å². The number of nitrogens with zero attached hydrogens (tertiary/aromatic N) is 1. The van der Waals surface area contributed by atoms with E-state index in [4.69, 9.17) is 0 Å². The summed E-state index contributed by atoms with van der Waals surface area (Å²) in [5.74, 6) is 0.197. The molecule has 0 aliphatic heterocycles. The van der Waals surface area contributed by atoms with E-state index in [-0.39, 0.29) is 11.0 Å². The third-order valence-electron chi connectivity index (χ3n) is 3.26. The van der Waals surface area contributed by atoms with Crippen LogP contribution in [-0.2, 0) is 16.4 Å². The Morgan fingerprint density at radius 3 is 2.61 bits per heavy atom. The van der Waals surface area contributed by atoms with E-state index in [1.54, 1.807) is 13.8 Å². The van der Waals surface area contributed by atoms with E-state index >= 15 is 0 Å². The van der Waals surface area contributed by atoms with Crippen LogP contribution in [0.25, 0.3) is 10.9 Å². The highest BCUT2D eigenvalue weighted by atomic mass is 32.2. The van der Waals surface area contributed by atoms with Crippen LogP contribution in [0.1, 0.15) is 19.4 Å². The van der Waals surface area contributed by atoms with E-state index in [2.05, 4.69) is 19.1 Å². The number of rotatable bonds is 4. The van der Waals surface area contributed by atoms with Gasteiger partial charge in [0.2, 0.25) is 0 Å². The second kappa shape index (κ2) is 4.76. The summed E-state index contributed by atoms with van der Waals surface area (Å²) in [5.41, 5.74) is 2.31. The topological polar surface area (TPSA) is 39.1 Å². The fraction of sp³-hybridized carbons (Fsp3) is 0.429. The van der Waals surface area contributed by atoms with Crippen molar-refractivity contribution in [1.29, 1.82) is 0 Å². The van der Waals surface area contributed by atoms with Gasteiger partial charge in [-0.3, -0.25) is 0 Å². The first-order valence-corrected chi connectivity index (χ1v) is 7.89. The van der Waals surface area contributed by atoms with Crippen molar-refractivity contribution in [2.75, 3.05) is 5.75 Å². The number of benzene rings is 1. The van der Waals surface area contributed by atoms with Gasteiger partial charge < -0.3 is 4.57 Å². The van der Waals surface area contributed by atoms with Gasteiger partial charge >= 0.3 is 0 Å². The van der Waals surface area contributed by atoms with Gasteiger partial charge in [-0.15, -0.1) is 0 Å². The number of fused-ring (bicyclic) bond motifs is 1. The summed E-state index contributed by atoms with van der Waals surface area (Å²) in [4.78, 5) is 0. The van der Waals surface area contributed by atoms with Crippen LogP contribution in [0, 0.1) is 6.92 Å². The monoisotopic (exact) mass is 265 g/mol. The predicted molar refractivity (Wildman–Crippen MR) is 75.6 cm³/mol. The molecule has 0 bridgehead atoms. The lowest BCUT2D eigenvalue weighted by Gasteiger charge is -2.09. The van der Waals surface area contributed by atoms with Crippen LogP contribution in [0.2, 0.25) is 0 Å². The molecule has 2 rings (SSSR count). The lowest BCUT2D eigenvalue weighted by atomic mass is 10.2. The molecule has 0 unspecified atom stereocenters. The van der Waals surface area contributed by atoms with Gasteiger partial charge in [0.25, 0.3) is 0 Å². The lowest BCUT2D eigenvalue weighted by Crippen LogP contribution is -2.20. The van der Waals surface area contributed by atoms with Gasteiger partial charge in [-0.25, -0.2) is 8.42 Å². The standard InChI is InChI=1S/C14H19NO2S/c1-11(2)18(16,17)9-8-15-7-6-13-10-12(3)4-5-14(13)15/h4-7,10-11H,8-9H2,1-3H3. The fourth-order valence-corrected chi connectivity index (χ4v) is 2.90. The maximum atomic E-state index is 11.8. The van der Waals surface area contributed by atoms with Gasteiger partial charge in [0.15, 0.2) is 9.84 Å². The van der Waals surface area contributed by atoms with Gasteiger partial charge in [-0.2, -0.15) is 0 Å². The minimum absolute atomic E-state index is 0.197. The lowest BCUT2D eigenvalue weighted by molar-refractivity contribution is 0.581. The molecule has 1 aromatic heterocycles. The second-order valence-corrected chi connectivity index (χ2v) is 7.66. The van der Waals surface area contributed by atoms with Crippen molar-refractivity contribution in [2.24, 2.45) is 0 Å². The quantitative estimate of drug-likeness (QED) is 0.852. The number of aryl methyl sites for hydroxylation is 2. The average molecular weight is 265 g/mol. The molecule has 0 atom stereocenters. The Balaban J connectivity index is 2.23. The number of sulfone groups is 1. The summed E-state index contributed by atoms with van der Waals surface area (Å²) in [7, 11) is -2.97. The highest BCUT2D eigenvalue weighted by Gasteiger charge is 2.16. The van der Waals surface area contributed by atoms with Gasteiger partial charge in [-0.05, 0) is 44.4 Å². The van der Waals surface area contributed by atoms with Crippen LogP contribution >= 0.6 is 0 Å². The minimum atomic E-state index is -2.97. The van der Waals surface area contributed by atoms with Crippen LogP contribution in [0.15, 0.2) is 30.5 Å². The van der Waals surface area contributed by atoms with Crippen LogP contribution in [0.3, 0.4) is 0 Å². The van der Waals surface area contributed by atoms with Gasteiger partial charge in [0.1, 0.15) is 0 Å². The first kappa shape index (κ1) is 13.1. The molecular weight excluding hydrogens is 246 g/mol. The predicted octanol–water partition coefficient (Wildman–Crippen LogP) is 2.77. The Morgan fingerprint density at radius 2 is 1.94 bits per heavy atom. The number of aromatic nitrogens is 1. The number of hydrogen-bond donors (Lipinski definition) is 0. The van der Waals surface area contributed by atoms with Crippen LogP contribution in [0.4, 0.5) is 0 Å². The molecular formula is C14H19NO2S. The van der Waals surface area contributed by atoms with Gasteiger partial charge in [0.05, 0.1) is 11.0 Å². The molecule has 1 heterocycles.